The molecular formula is C15H22N2O2S. The highest BCUT2D eigenvalue weighted by atomic mass is 32.1. The number of nitrogens with zero attached hydrogens (tertiary/aromatic N) is 2. The molecule has 5 heteroatoms. The molecule has 0 bridgehead atoms. The monoisotopic (exact) mass is 294 g/mol. The quantitative estimate of drug-likeness (QED) is 0.922. The summed E-state index contributed by atoms with van der Waals surface area (Å²) in [7, 11) is 0. The molecule has 0 saturated carbocycles. The van der Waals surface area contributed by atoms with Crippen LogP contribution >= 0.6 is 11.3 Å². The number of fused-ring (bicyclic) bond motifs is 1. The molecule has 0 amide bonds. The summed E-state index contributed by atoms with van der Waals surface area (Å²) in [5, 5.41) is 10.4. The molecule has 0 radical (unpaired) electrons. The Hall–Kier alpha value is -1.20. The van der Waals surface area contributed by atoms with Gasteiger partial charge in [0.15, 0.2) is 0 Å². The lowest BCUT2D eigenvalue weighted by atomic mass is 9.99. The highest BCUT2D eigenvalue weighted by molar-refractivity contribution is 7.18. The Morgan fingerprint density at radius 3 is 2.70 bits per heavy atom. The topological polar surface area (TPSA) is 55.1 Å². The van der Waals surface area contributed by atoms with Gasteiger partial charge in [0.25, 0.3) is 5.56 Å². The molecule has 2 rings (SSSR count). The number of thiophene rings is 1. The summed E-state index contributed by atoms with van der Waals surface area (Å²) in [6.45, 7) is 8.18. The Kier molecular flexibility index (Phi) is 4.60. The van der Waals surface area contributed by atoms with Crippen LogP contribution < -0.4 is 5.56 Å². The summed E-state index contributed by atoms with van der Waals surface area (Å²) in [6, 6.07) is -0.200. The maximum atomic E-state index is 12.8. The van der Waals surface area contributed by atoms with Gasteiger partial charge in [-0.2, -0.15) is 0 Å². The first kappa shape index (κ1) is 15.2. The van der Waals surface area contributed by atoms with E-state index in [1.54, 1.807) is 22.2 Å². The molecule has 1 unspecified atom stereocenters. The molecule has 0 spiro atoms. The molecule has 0 aliphatic carbocycles. The minimum atomic E-state index is -0.200. The van der Waals surface area contributed by atoms with Crippen molar-refractivity contribution in [3.05, 3.63) is 27.1 Å². The number of aromatic nitrogens is 2. The van der Waals surface area contributed by atoms with Crippen molar-refractivity contribution in [3.63, 3.8) is 0 Å². The van der Waals surface area contributed by atoms with Gasteiger partial charge in [0, 0.05) is 4.88 Å². The first-order valence-corrected chi connectivity index (χ1v) is 7.96. The van der Waals surface area contributed by atoms with Crippen molar-refractivity contribution in [2.24, 2.45) is 5.92 Å². The summed E-state index contributed by atoms with van der Waals surface area (Å²) in [4.78, 5) is 19.2. The van der Waals surface area contributed by atoms with Gasteiger partial charge in [-0.1, -0.05) is 27.2 Å². The standard InChI is InChI=1S/C15H22N2O2S/c1-5-9(3)12(7-18)17-8-16-14-13(15(17)19)11(6-2)10(4)20-14/h8-9,12,18H,5-7H2,1-4H3/t9-,12?/m0/s1. The first-order chi connectivity index (χ1) is 9.54. The zero-order valence-electron chi connectivity index (χ0n) is 12.5. The molecule has 1 N–H and O–H groups in total. The van der Waals surface area contributed by atoms with Crippen LogP contribution in [-0.2, 0) is 6.42 Å². The van der Waals surface area contributed by atoms with Crippen molar-refractivity contribution < 1.29 is 5.11 Å². The van der Waals surface area contributed by atoms with Gasteiger partial charge >= 0.3 is 0 Å². The van der Waals surface area contributed by atoms with Gasteiger partial charge in [0.05, 0.1) is 24.4 Å². The number of hydrogen-bond donors (Lipinski definition) is 1. The number of aryl methyl sites for hydroxylation is 2. The van der Waals surface area contributed by atoms with Crippen molar-refractivity contribution in [1.82, 2.24) is 9.55 Å². The Labute approximate surface area is 123 Å². The zero-order chi connectivity index (χ0) is 14.9. The Morgan fingerprint density at radius 1 is 1.45 bits per heavy atom. The largest absolute Gasteiger partial charge is 0.394 e. The van der Waals surface area contributed by atoms with E-state index in [1.165, 1.54) is 0 Å². The molecule has 2 atom stereocenters. The lowest BCUT2D eigenvalue weighted by molar-refractivity contribution is 0.180. The van der Waals surface area contributed by atoms with Crippen molar-refractivity contribution in [3.8, 4) is 0 Å². The number of aliphatic hydroxyl groups is 1. The van der Waals surface area contributed by atoms with Crippen LogP contribution in [-0.4, -0.2) is 21.3 Å². The van der Waals surface area contributed by atoms with Crippen molar-refractivity contribution >= 4 is 21.6 Å². The van der Waals surface area contributed by atoms with Gasteiger partial charge in [-0.05, 0) is 24.8 Å². The van der Waals surface area contributed by atoms with Crippen molar-refractivity contribution in [2.45, 2.75) is 46.6 Å². The molecule has 110 valence electrons. The lowest BCUT2D eigenvalue weighted by Gasteiger charge is -2.22. The summed E-state index contributed by atoms with van der Waals surface area (Å²) in [5.74, 6) is 0.238. The maximum absolute atomic E-state index is 12.8. The minimum absolute atomic E-state index is 0.0180. The summed E-state index contributed by atoms with van der Waals surface area (Å²) >= 11 is 1.57. The van der Waals surface area contributed by atoms with Crippen LogP contribution in [0.25, 0.3) is 10.2 Å². The van der Waals surface area contributed by atoms with Crippen LogP contribution in [0.1, 0.15) is 43.7 Å². The van der Waals surface area contributed by atoms with Gasteiger partial charge < -0.3 is 5.11 Å². The van der Waals surface area contributed by atoms with Gasteiger partial charge in [-0.3, -0.25) is 9.36 Å². The highest BCUT2D eigenvalue weighted by Crippen LogP contribution is 2.28. The van der Waals surface area contributed by atoms with Crippen LogP contribution in [0.15, 0.2) is 11.1 Å². The van der Waals surface area contributed by atoms with Gasteiger partial charge in [-0.25, -0.2) is 4.98 Å². The molecule has 0 aromatic carbocycles. The number of hydrogen-bond acceptors (Lipinski definition) is 4. The van der Waals surface area contributed by atoms with E-state index in [0.29, 0.717) is 0 Å². The molecule has 2 aromatic heterocycles. The molecule has 0 aliphatic rings. The van der Waals surface area contributed by atoms with E-state index in [0.717, 1.165) is 33.5 Å². The third-order valence-electron chi connectivity index (χ3n) is 4.14. The third kappa shape index (κ3) is 2.40. The molecule has 2 heterocycles. The van der Waals surface area contributed by atoms with E-state index >= 15 is 0 Å². The van der Waals surface area contributed by atoms with Crippen LogP contribution in [0.2, 0.25) is 0 Å². The summed E-state index contributed by atoms with van der Waals surface area (Å²) in [5.41, 5.74) is 1.08. The minimum Gasteiger partial charge on any atom is -0.394 e. The zero-order valence-corrected chi connectivity index (χ0v) is 13.3. The molecule has 4 nitrogen and oxygen atoms in total. The third-order valence-corrected chi connectivity index (χ3v) is 5.19. The fourth-order valence-electron chi connectivity index (χ4n) is 2.65. The predicted octanol–water partition coefficient (Wildman–Crippen LogP) is 2.91. The molecule has 0 fully saturated rings. The first-order valence-electron chi connectivity index (χ1n) is 7.15. The van der Waals surface area contributed by atoms with Crippen LogP contribution in [0.4, 0.5) is 0 Å². The van der Waals surface area contributed by atoms with Gasteiger partial charge in [0.1, 0.15) is 4.83 Å². The maximum Gasteiger partial charge on any atom is 0.262 e. The molecule has 0 saturated heterocycles. The normalized spacial score (nSPS) is 14.7. The molecule has 2 aromatic rings. The fraction of sp³-hybridized carbons (Fsp3) is 0.600. The van der Waals surface area contributed by atoms with Crippen LogP contribution in [0, 0.1) is 12.8 Å². The van der Waals surface area contributed by atoms with Crippen molar-refractivity contribution in [1.29, 1.82) is 0 Å². The smallest absolute Gasteiger partial charge is 0.262 e. The Morgan fingerprint density at radius 2 is 2.15 bits per heavy atom. The van der Waals surface area contributed by atoms with Gasteiger partial charge in [0.2, 0.25) is 0 Å². The van der Waals surface area contributed by atoms with E-state index in [2.05, 4.69) is 25.8 Å². The second-order valence-electron chi connectivity index (χ2n) is 5.26. The predicted molar refractivity (Wildman–Crippen MR) is 83.6 cm³/mol. The lowest BCUT2D eigenvalue weighted by Crippen LogP contribution is -2.31. The summed E-state index contributed by atoms with van der Waals surface area (Å²) < 4.78 is 1.61. The van der Waals surface area contributed by atoms with E-state index < -0.39 is 0 Å². The van der Waals surface area contributed by atoms with E-state index in [1.807, 2.05) is 6.92 Å². The fourth-order valence-corrected chi connectivity index (χ4v) is 3.72. The second-order valence-corrected chi connectivity index (χ2v) is 6.47. The number of aliphatic hydroxyl groups excluding tert-OH is 1. The van der Waals surface area contributed by atoms with Crippen LogP contribution in [0.3, 0.4) is 0 Å². The molecule has 0 aliphatic heterocycles. The molecule has 20 heavy (non-hydrogen) atoms. The number of rotatable bonds is 5. The van der Waals surface area contributed by atoms with E-state index in [9.17, 15) is 9.90 Å². The SMILES string of the molecule is CCc1c(C)sc2ncn(C(CO)[C@@H](C)CC)c(=O)c12. The van der Waals surface area contributed by atoms with Gasteiger partial charge in [-0.15, -0.1) is 11.3 Å². The average Bonchev–Trinajstić information content (AvgIpc) is 2.77. The average molecular weight is 294 g/mol. The Bertz CT molecular complexity index is 660. The highest BCUT2D eigenvalue weighted by Gasteiger charge is 2.21. The van der Waals surface area contributed by atoms with E-state index in [4.69, 9.17) is 0 Å². The molecular weight excluding hydrogens is 272 g/mol. The Balaban J connectivity index is 2.67. The van der Waals surface area contributed by atoms with E-state index in [-0.39, 0.29) is 24.1 Å². The summed E-state index contributed by atoms with van der Waals surface area (Å²) in [6.07, 6.45) is 3.34. The van der Waals surface area contributed by atoms with Crippen molar-refractivity contribution in [2.75, 3.05) is 6.61 Å². The van der Waals surface area contributed by atoms with Crippen LogP contribution in [0.5, 0.6) is 0 Å². The second kappa shape index (κ2) is 6.06.